The van der Waals surface area contributed by atoms with Crippen LogP contribution < -0.4 is 0 Å². The van der Waals surface area contributed by atoms with E-state index in [1.807, 2.05) is 0 Å². The van der Waals surface area contributed by atoms with Crippen LogP contribution >= 0.6 is 15.9 Å². The van der Waals surface area contributed by atoms with Gasteiger partial charge in [0.15, 0.2) is 0 Å². The molecule has 0 aliphatic rings. The molecule has 9 nitrogen and oxygen atoms in total. The molecular formula is C10H5BrN2O7S. The third-order valence-corrected chi connectivity index (χ3v) is 4.39. The fourth-order valence-corrected chi connectivity index (χ4v) is 3.41. The molecule has 2 aromatic carbocycles. The second-order valence-electron chi connectivity index (χ2n) is 3.90. The Morgan fingerprint density at radius 3 is 2.14 bits per heavy atom. The van der Waals surface area contributed by atoms with Crippen molar-refractivity contribution in [3.05, 3.63) is 49.0 Å². The molecule has 110 valence electrons. The van der Waals surface area contributed by atoms with Gasteiger partial charge >= 0.3 is 0 Å². The Bertz CT molecular complexity index is 894. The predicted molar refractivity (Wildman–Crippen MR) is 74.8 cm³/mol. The van der Waals surface area contributed by atoms with Crippen LogP contribution in [0.5, 0.6) is 0 Å². The molecule has 21 heavy (non-hydrogen) atoms. The molecule has 0 amide bonds. The molecular weight excluding hydrogens is 372 g/mol. The van der Waals surface area contributed by atoms with Gasteiger partial charge in [0.2, 0.25) is 0 Å². The summed E-state index contributed by atoms with van der Waals surface area (Å²) in [4.78, 5) is 19.5. The lowest BCUT2D eigenvalue weighted by atomic mass is 10.1. The number of nitrogens with zero attached hydrogens (tertiary/aromatic N) is 2. The van der Waals surface area contributed by atoms with Gasteiger partial charge in [0.05, 0.1) is 21.3 Å². The number of benzene rings is 2. The Labute approximate surface area is 125 Å². The first-order valence-corrected chi connectivity index (χ1v) is 7.39. The van der Waals surface area contributed by atoms with Crippen LogP contribution in [0.1, 0.15) is 0 Å². The molecule has 0 fully saturated rings. The van der Waals surface area contributed by atoms with Crippen molar-refractivity contribution < 1.29 is 22.8 Å². The molecule has 0 saturated carbocycles. The predicted octanol–water partition coefficient (Wildman–Crippen LogP) is 2.67. The van der Waals surface area contributed by atoms with Crippen LogP contribution in [0.4, 0.5) is 11.4 Å². The van der Waals surface area contributed by atoms with Crippen molar-refractivity contribution >= 4 is 48.2 Å². The maximum atomic E-state index is 11.4. The van der Waals surface area contributed by atoms with E-state index < -0.39 is 36.2 Å². The lowest BCUT2D eigenvalue weighted by Gasteiger charge is -2.07. The monoisotopic (exact) mass is 376 g/mol. The van der Waals surface area contributed by atoms with E-state index in [0.717, 1.165) is 12.1 Å². The van der Waals surface area contributed by atoms with Crippen LogP contribution in [0.3, 0.4) is 0 Å². The molecule has 0 unspecified atom stereocenters. The number of nitro groups is 2. The number of hydrogen-bond acceptors (Lipinski definition) is 6. The molecule has 2 aromatic rings. The first kappa shape index (κ1) is 15.3. The smallest absolute Gasteiger partial charge is 0.282 e. The van der Waals surface area contributed by atoms with Crippen molar-refractivity contribution in [1.29, 1.82) is 0 Å². The molecule has 0 saturated heterocycles. The Morgan fingerprint density at radius 2 is 1.67 bits per heavy atom. The van der Waals surface area contributed by atoms with Crippen LogP contribution in [0, 0.1) is 20.2 Å². The standard InChI is InChI=1S/C10H5BrN2O7S/c11-10-7(13(16)17)4-6(12(14)15)5-2-1-3-8(9(5)10)21(18,19)20/h1-4H,(H,18,19,20). The summed E-state index contributed by atoms with van der Waals surface area (Å²) in [6.07, 6.45) is 0. The van der Waals surface area contributed by atoms with Gasteiger partial charge < -0.3 is 0 Å². The highest BCUT2D eigenvalue weighted by Crippen LogP contribution is 2.41. The van der Waals surface area contributed by atoms with Crippen molar-refractivity contribution in [3.8, 4) is 0 Å². The van der Waals surface area contributed by atoms with Gasteiger partial charge in [0.25, 0.3) is 21.5 Å². The van der Waals surface area contributed by atoms with Gasteiger partial charge in [-0.15, -0.1) is 0 Å². The van der Waals surface area contributed by atoms with Crippen molar-refractivity contribution in [1.82, 2.24) is 0 Å². The molecule has 0 spiro atoms. The fourth-order valence-electron chi connectivity index (χ4n) is 1.87. The average Bonchev–Trinajstić information content (AvgIpc) is 2.36. The summed E-state index contributed by atoms with van der Waals surface area (Å²) in [5.41, 5.74) is -1.31. The number of fused-ring (bicyclic) bond motifs is 1. The summed E-state index contributed by atoms with van der Waals surface area (Å²) < 4.78 is 31.6. The van der Waals surface area contributed by atoms with E-state index in [9.17, 15) is 33.2 Å². The van der Waals surface area contributed by atoms with Crippen LogP contribution in [0.2, 0.25) is 0 Å². The van der Waals surface area contributed by atoms with Gasteiger partial charge in [0, 0.05) is 5.39 Å². The Hall–Kier alpha value is -2.11. The van der Waals surface area contributed by atoms with E-state index in [4.69, 9.17) is 0 Å². The lowest BCUT2D eigenvalue weighted by molar-refractivity contribution is -0.393. The highest BCUT2D eigenvalue weighted by Gasteiger charge is 2.28. The van der Waals surface area contributed by atoms with E-state index in [2.05, 4.69) is 15.9 Å². The topological polar surface area (TPSA) is 141 Å². The summed E-state index contributed by atoms with van der Waals surface area (Å²) in [5.74, 6) is 0. The van der Waals surface area contributed by atoms with Gasteiger partial charge in [0.1, 0.15) is 9.37 Å². The van der Waals surface area contributed by atoms with Gasteiger partial charge in [-0.25, -0.2) is 0 Å². The minimum Gasteiger partial charge on any atom is -0.282 e. The number of hydrogen-bond donors (Lipinski definition) is 1. The maximum Gasteiger partial charge on any atom is 0.295 e. The first-order valence-electron chi connectivity index (χ1n) is 5.16. The Balaban J connectivity index is 3.14. The van der Waals surface area contributed by atoms with E-state index in [-0.39, 0.29) is 15.2 Å². The second-order valence-corrected chi connectivity index (χ2v) is 6.08. The zero-order valence-electron chi connectivity index (χ0n) is 9.89. The summed E-state index contributed by atoms with van der Waals surface area (Å²) in [7, 11) is -4.71. The van der Waals surface area contributed by atoms with Gasteiger partial charge in [-0.3, -0.25) is 24.8 Å². The number of non-ortho nitro benzene ring substituents is 1. The minimum absolute atomic E-state index is 0.146. The van der Waals surface area contributed by atoms with E-state index >= 15 is 0 Å². The molecule has 0 bridgehead atoms. The van der Waals surface area contributed by atoms with Crippen LogP contribution in [0.25, 0.3) is 10.8 Å². The van der Waals surface area contributed by atoms with Crippen LogP contribution in [0.15, 0.2) is 33.6 Å². The van der Waals surface area contributed by atoms with Crippen LogP contribution in [-0.2, 0) is 10.1 Å². The van der Waals surface area contributed by atoms with E-state index in [0.29, 0.717) is 0 Å². The highest BCUT2D eigenvalue weighted by atomic mass is 79.9. The molecule has 0 aliphatic carbocycles. The van der Waals surface area contributed by atoms with Gasteiger partial charge in [-0.1, -0.05) is 6.07 Å². The summed E-state index contributed by atoms with van der Waals surface area (Å²) in [6.45, 7) is 0. The minimum atomic E-state index is -4.71. The molecule has 1 N–H and O–H groups in total. The number of rotatable bonds is 3. The van der Waals surface area contributed by atoms with Crippen molar-refractivity contribution in [2.75, 3.05) is 0 Å². The second kappa shape index (κ2) is 5.02. The Morgan fingerprint density at radius 1 is 1.10 bits per heavy atom. The summed E-state index contributed by atoms with van der Waals surface area (Å²) in [6, 6.07) is 4.14. The van der Waals surface area contributed by atoms with E-state index in [1.54, 1.807) is 0 Å². The first-order chi connectivity index (χ1) is 9.64. The normalized spacial score (nSPS) is 11.5. The third kappa shape index (κ3) is 2.57. The molecule has 0 aliphatic heterocycles. The van der Waals surface area contributed by atoms with E-state index in [1.165, 1.54) is 12.1 Å². The molecule has 0 aromatic heterocycles. The van der Waals surface area contributed by atoms with Crippen LogP contribution in [-0.4, -0.2) is 22.8 Å². The third-order valence-electron chi connectivity index (χ3n) is 2.69. The Kier molecular flexibility index (Phi) is 3.65. The SMILES string of the molecule is O=[N+]([O-])c1cc([N+](=O)[O-])c2cccc(S(=O)(=O)O)c2c1Br. The summed E-state index contributed by atoms with van der Waals surface area (Å²) >= 11 is 2.87. The van der Waals surface area contributed by atoms with Crippen molar-refractivity contribution in [2.45, 2.75) is 4.90 Å². The maximum absolute atomic E-state index is 11.4. The zero-order chi connectivity index (χ0) is 15.9. The van der Waals surface area contributed by atoms with Crippen molar-refractivity contribution in [3.63, 3.8) is 0 Å². The summed E-state index contributed by atoms with van der Waals surface area (Å²) in [5, 5.41) is 21.5. The molecule has 0 atom stereocenters. The zero-order valence-corrected chi connectivity index (χ0v) is 12.3. The largest absolute Gasteiger partial charge is 0.295 e. The number of halogens is 1. The quantitative estimate of drug-likeness (QED) is 0.492. The molecule has 2 rings (SSSR count). The molecule has 0 radical (unpaired) electrons. The lowest BCUT2D eigenvalue weighted by Crippen LogP contribution is -2.02. The van der Waals surface area contributed by atoms with Gasteiger partial charge in [-0.05, 0) is 28.1 Å². The fraction of sp³-hybridized carbons (Fsp3) is 0. The molecule has 11 heteroatoms. The molecule has 0 heterocycles. The number of nitro benzene ring substituents is 2. The van der Waals surface area contributed by atoms with Gasteiger partial charge in [-0.2, -0.15) is 8.42 Å². The highest BCUT2D eigenvalue weighted by molar-refractivity contribution is 9.10. The van der Waals surface area contributed by atoms with Crippen molar-refractivity contribution in [2.24, 2.45) is 0 Å². The average molecular weight is 377 g/mol.